The van der Waals surface area contributed by atoms with E-state index in [2.05, 4.69) is 24.4 Å². The van der Waals surface area contributed by atoms with E-state index in [1.165, 1.54) is 5.56 Å². The number of hydrogen-bond acceptors (Lipinski definition) is 3. The highest BCUT2D eigenvalue weighted by atomic mass is 16.5. The van der Waals surface area contributed by atoms with Crippen LogP contribution in [0.2, 0.25) is 0 Å². The Morgan fingerprint density at radius 2 is 1.94 bits per heavy atom. The average Bonchev–Trinajstić information content (AvgIpc) is 2.37. The van der Waals surface area contributed by atoms with E-state index in [-0.39, 0.29) is 18.1 Å². The maximum absolute atomic E-state index is 11.5. The lowest BCUT2D eigenvalue weighted by Crippen LogP contribution is -2.37. The van der Waals surface area contributed by atoms with Crippen molar-refractivity contribution < 1.29 is 9.53 Å². The van der Waals surface area contributed by atoms with Crippen molar-refractivity contribution in [2.45, 2.75) is 39.3 Å². The molecule has 17 heavy (non-hydrogen) atoms. The number of nitrogens with one attached hydrogen (secondary N) is 1. The van der Waals surface area contributed by atoms with Gasteiger partial charge in [-0.05, 0) is 25.8 Å². The summed E-state index contributed by atoms with van der Waals surface area (Å²) in [6, 6.07) is 10.1. The number of benzene rings is 1. The molecule has 1 aromatic carbocycles. The fraction of sp³-hybridized carbons (Fsp3) is 0.500. The first-order valence-electron chi connectivity index (χ1n) is 6.16. The molecule has 3 nitrogen and oxygen atoms in total. The maximum atomic E-state index is 11.5. The van der Waals surface area contributed by atoms with E-state index in [1.807, 2.05) is 32.0 Å². The van der Waals surface area contributed by atoms with Crippen LogP contribution >= 0.6 is 0 Å². The van der Waals surface area contributed by atoms with Gasteiger partial charge < -0.3 is 4.74 Å². The van der Waals surface area contributed by atoms with Crippen LogP contribution in [0.25, 0.3) is 0 Å². The average molecular weight is 235 g/mol. The van der Waals surface area contributed by atoms with Crippen LogP contribution < -0.4 is 5.32 Å². The summed E-state index contributed by atoms with van der Waals surface area (Å²) in [6.45, 7) is 6.18. The molecular weight excluding hydrogens is 214 g/mol. The van der Waals surface area contributed by atoms with Gasteiger partial charge in [-0.1, -0.05) is 37.3 Å². The number of carbonyl (C=O) groups excluding carboxylic acids is 1. The van der Waals surface area contributed by atoms with E-state index in [4.69, 9.17) is 4.74 Å². The highest BCUT2D eigenvalue weighted by Gasteiger charge is 2.18. The van der Waals surface area contributed by atoms with Gasteiger partial charge in [0.25, 0.3) is 0 Å². The van der Waals surface area contributed by atoms with Gasteiger partial charge in [-0.25, -0.2) is 0 Å². The topological polar surface area (TPSA) is 38.3 Å². The van der Waals surface area contributed by atoms with Crippen molar-refractivity contribution in [3.05, 3.63) is 35.9 Å². The third kappa shape index (κ3) is 4.19. The van der Waals surface area contributed by atoms with Crippen LogP contribution in [0.3, 0.4) is 0 Å². The molecule has 1 aromatic rings. The number of hydrogen-bond donors (Lipinski definition) is 1. The van der Waals surface area contributed by atoms with Crippen molar-refractivity contribution in [3.8, 4) is 0 Å². The Labute approximate surface area is 103 Å². The quantitative estimate of drug-likeness (QED) is 0.770. The molecular formula is C14H21NO2. The molecule has 0 fully saturated rings. The lowest BCUT2D eigenvalue weighted by atomic mass is 10.0. The van der Waals surface area contributed by atoms with E-state index in [1.54, 1.807) is 0 Å². The summed E-state index contributed by atoms with van der Waals surface area (Å²) in [5.41, 5.74) is 1.20. The minimum atomic E-state index is -0.278. The van der Waals surface area contributed by atoms with Gasteiger partial charge in [-0.15, -0.1) is 0 Å². The Kier molecular flexibility index (Phi) is 5.70. The lowest BCUT2D eigenvalue weighted by molar-refractivity contribution is -0.145. The van der Waals surface area contributed by atoms with E-state index >= 15 is 0 Å². The molecule has 2 atom stereocenters. The normalized spacial score (nSPS) is 14.1. The van der Waals surface area contributed by atoms with E-state index in [0.717, 1.165) is 6.42 Å². The molecule has 1 rings (SSSR count). The zero-order valence-electron chi connectivity index (χ0n) is 10.8. The molecule has 0 aliphatic rings. The summed E-state index contributed by atoms with van der Waals surface area (Å²) in [5.74, 6) is -0.193. The number of esters is 1. The molecule has 0 aliphatic heterocycles. The number of carbonyl (C=O) groups is 1. The predicted molar refractivity (Wildman–Crippen MR) is 68.7 cm³/mol. The highest BCUT2D eigenvalue weighted by Crippen LogP contribution is 2.16. The lowest BCUT2D eigenvalue weighted by Gasteiger charge is -2.21. The molecule has 2 unspecified atom stereocenters. The van der Waals surface area contributed by atoms with Gasteiger partial charge in [0.05, 0.1) is 6.61 Å². The summed E-state index contributed by atoms with van der Waals surface area (Å²) >= 11 is 0. The SMILES string of the molecule is CCOC(=O)C(C)NC(CC)c1ccccc1. The molecule has 1 N–H and O–H groups in total. The summed E-state index contributed by atoms with van der Waals surface area (Å²) < 4.78 is 4.98. The standard InChI is InChI=1S/C14H21NO2/c1-4-13(12-9-7-6-8-10-12)15-11(3)14(16)17-5-2/h6-11,13,15H,4-5H2,1-3H3. The Morgan fingerprint density at radius 1 is 1.29 bits per heavy atom. The Hall–Kier alpha value is -1.35. The van der Waals surface area contributed by atoms with Gasteiger partial charge in [0.2, 0.25) is 0 Å². The second-order valence-corrected chi connectivity index (χ2v) is 4.01. The molecule has 0 saturated heterocycles. The third-order valence-corrected chi connectivity index (χ3v) is 2.70. The first-order chi connectivity index (χ1) is 8.19. The molecule has 94 valence electrons. The third-order valence-electron chi connectivity index (χ3n) is 2.70. The predicted octanol–water partition coefficient (Wildman–Crippen LogP) is 2.68. The summed E-state index contributed by atoms with van der Waals surface area (Å²) in [4.78, 5) is 11.5. The summed E-state index contributed by atoms with van der Waals surface area (Å²) in [5, 5.41) is 3.29. The van der Waals surface area contributed by atoms with Crippen LogP contribution in [0, 0.1) is 0 Å². The first-order valence-corrected chi connectivity index (χ1v) is 6.16. The first kappa shape index (κ1) is 13.7. The van der Waals surface area contributed by atoms with Gasteiger partial charge in [0, 0.05) is 6.04 Å². The van der Waals surface area contributed by atoms with Gasteiger partial charge >= 0.3 is 5.97 Å². The van der Waals surface area contributed by atoms with Crippen LogP contribution in [0.15, 0.2) is 30.3 Å². The fourth-order valence-electron chi connectivity index (χ4n) is 1.77. The van der Waals surface area contributed by atoms with Gasteiger partial charge in [-0.3, -0.25) is 10.1 Å². The highest BCUT2D eigenvalue weighted by molar-refractivity contribution is 5.75. The van der Waals surface area contributed by atoms with Gasteiger partial charge in [0.1, 0.15) is 6.04 Å². The van der Waals surface area contributed by atoms with Crippen LogP contribution in [-0.2, 0) is 9.53 Å². The van der Waals surface area contributed by atoms with Crippen molar-refractivity contribution in [1.82, 2.24) is 5.32 Å². The Bertz CT molecular complexity index is 337. The summed E-state index contributed by atoms with van der Waals surface area (Å²) in [6.07, 6.45) is 0.938. The number of ether oxygens (including phenoxy) is 1. The second-order valence-electron chi connectivity index (χ2n) is 4.01. The van der Waals surface area contributed by atoms with Crippen LogP contribution in [-0.4, -0.2) is 18.6 Å². The van der Waals surface area contributed by atoms with E-state index in [0.29, 0.717) is 6.61 Å². The summed E-state index contributed by atoms with van der Waals surface area (Å²) in [7, 11) is 0. The van der Waals surface area contributed by atoms with Crippen LogP contribution in [0.1, 0.15) is 38.8 Å². The molecule has 0 bridgehead atoms. The number of rotatable bonds is 6. The minimum absolute atomic E-state index is 0.190. The molecule has 0 aromatic heterocycles. The van der Waals surface area contributed by atoms with Crippen LogP contribution in [0.4, 0.5) is 0 Å². The zero-order valence-corrected chi connectivity index (χ0v) is 10.8. The molecule has 3 heteroatoms. The maximum Gasteiger partial charge on any atom is 0.322 e. The molecule has 0 spiro atoms. The largest absolute Gasteiger partial charge is 0.465 e. The fourth-order valence-corrected chi connectivity index (χ4v) is 1.77. The molecule has 0 aliphatic carbocycles. The second kappa shape index (κ2) is 7.07. The van der Waals surface area contributed by atoms with Gasteiger partial charge in [-0.2, -0.15) is 0 Å². The van der Waals surface area contributed by atoms with Crippen molar-refractivity contribution >= 4 is 5.97 Å². The Balaban J connectivity index is 2.61. The van der Waals surface area contributed by atoms with Crippen LogP contribution in [0.5, 0.6) is 0 Å². The molecule has 0 saturated carbocycles. The van der Waals surface area contributed by atoms with E-state index < -0.39 is 0 Å². The Morgan fingerprint density at radius 3 is 2.47 bits per heavy atom. The zero-order chi connectivity index (χ0) is 12.7. The molecule has 0 amide bonds. The smallest absolute Gasteiger partial charge is 0.322 e. The van der Waals surface area contributed by atoms with Crippen molar-refractivity contribution in [1.29, 1.82) is 0 Å². The molecule has 0 radical (unpaired) electrons. The molecule has 0 heterocycles. The monoisotopic (exact) mass is 235 g/mol. The van der Waals surface area contributed by atoms with Gasteiger partial charge in [0.15, 0.2) is 0 Å². The minimum Gasteiger partial charge on any atom is -0.465 e. The van der Waals surface area contributed by atoms with Crippen molar-refractivity contribution in [3.63, 3.8) is 0 Å². The van der Waals surface area contributed by atoms with Crippen molar-refractivity contribution in [2.75, 3.05) is 6.61 Å². The van der Waals surface area contributed by atoms with Crippen molar-refractivity contribution in [2.24, 2.45) is 0 Å². The van der Waals surface area contributed by atoms with E-state index in [9.17, 15) is 4.79 Å².